The Balaban J connectivity index is -0.00000116. The van der Waals surface area contributed by atoms with Gasteiger partial charge in [0.15, 0.2) is 6.23 Å². The van der Waals surface area contributed by atoms with Gasteiger partial charge in [0.05, 0.1) is 14.4 Å². The molecule has 1 saturated heterocycles. The summed E-state index contributed by atoms with van der Waals surface area (Å²) < 4.78 is 63.3. The molecule has 38 heavy (non-hydrogen) atoms. The number of nitrogens with one attached hydrogen (secondary N) is 1. The Labute approximate surface area is 323 Å². The molecule has 20 nitrogen and oxygen atoms in total. The van der Waals surface area contributed by atoms with Gasteiger partial charge in [0.25, 0.3) is 29.0 Å². The zero-order valence-electron chi connectivity index (χ0n) is 20.3. The second-order valence-electron chi connectivity index (χ2n) is 5.89. The van der Waals surface area contributed by atoms with Crippen molar-refractivity contribution >= 4 is 31.3 Å². The molecule has 0 bridgehead atoms. The number of hydrogen-bond acceptors (Lipinski definition) is 18. The SMILES string of the molecule is O=c1ccn([C@@H]2O[C@H](COP(=O)([O-])OP(=O)([O-])OP(=O)([O-])OP(=O)([O-])[O-])[C@@H](O)[C@H]2O)c(=O)[nH]1.[Na+].[Na+].[Na+].[Na+].[Na+]. The number of aliphatic hydroxyl groups is 2. The third kappa shape index (κ3) is 16.4. The van der Waals surface area contributed by atoms with Crippen molar-refractivity contribution in [3.63, 3.8) is 0 Å². The van der Waals surface area contributed by atoms with Gasteiger partial charge in [-0.25, -0.2) is 13.4 Å². The van der Waals surface area contributed by atoms with E-state index in [-0.39, 0.29) is 148 Å². The molecule has 2 heterocycles. The molecule has 0 aromatic carbocycles. The smallest absolute Gasteiger partial charge is 0.790 e. The summed E-state index contributed by atoms with van der Waals surface area (Å²) in [5.74, 6) is 0. The van der Waals surface area contributed by atoms with Crippen LogP contribution in [0.5, 0.6) is 0 Å². The van der Waals surface area contributed by atoms with Crippen LogP contribution >= 0.6 is 31.3 Å². The molecule has 1 aromatic rings. The van der Waals surface area contributed by atoms with E-state index in [2.05, 4.69) is 17.5 Å². The normalized spacial score (nSPS) is 25.3. The summed E-state index contributed by atoms with van der Waals surface area (Å²) in [6.07, 6.45) is -6.33. The van der Waals surface area contributed by atoms with Gasteiger partial charge in [0.2, 0.25) is 0 Å². The zero-order valence-corrected chi connectivity index (χ0v) is 33.9. The van der Waals surface area contributed by atoms with E-state index in [4.69, 9.17) is 4.74 Å². The van der Waals surface area contributed by atoms with Crippen molar-refractivity contribution in [3.05, 3.63) is 33.1 Å². The minimum absolute atomic E-state index is 0. The quantitative estimate of drug-likeness (QED) is 0.153. The van der Waals surface area contributed by atoms with Crippen LogP contribution < -0.4 is 184 Å². The summed E-state index contributed by atoms with van der Waals surface area (Å²) in [5, 5.41) is 19.9. The van der Waals surface area contributed by atoms with Gasteiger partial charge in [-0.15, -0.1) is 0 Å². The van der Waals surface area contributed by atoms with Crippen molar-refractivity contribution in [3.8, 4) is 0 Å². The standard InChI is InChI=1S/C9H16N2O18P4.5Na/c12-5-1-2-11(9(15)10-5)8-7(14)6(13)4(26-8)3-25-31(19,20)28-33(23,24)29-32(21,22)27-30(16,17)18;;;;;/h1-2,4,6-8,13-14H,3H2,(H,19,20)(H,21,22)(H,23,24)(H,10,12,15)(H2,16,17,18);;;;;/q;5*+1/p-5/t4-,6-,7-,8-;;;;;/m1...../s1. The van der Waals surface area contributed by atoms with E-state index in [1.807, 2.05) is 4.98 Å². The first kappa shape index (κ1) is 49.0. The minimum atomic E-state index is -6.46. The molecule has 0 saturated carbocycles. The average molecular weight is 674 g/mol. The fourth-order valence-corrected chi connectivity index (χ4v) is 6.54. The summed E-state index contributed by atoms with van der Waals surface area (Å²) in [5.41, 5.74) is -1.88. The summed E-state index contributed by atoms with van der Waals surface area (Å²) in [7, 11) is -25.2. The number of nitrogens with zero attached hydrogens (tertiary/aromatic N) is 1. The fraction of sp³-hybridized carbons (Fsp3) is 0.556. The largest absolute Gasteiger partial charge is 1.00 e. The molecule has 1 aliphatic rings. The van der Waals surface area contributed by atoms with Crippen LogP contribution in [-0.2, 0) is 40.5 Å². The Kier molecular flexibility index (Phi) is 25.3. The molecular formula is C9H11N2Na5O18P4. The van der Waals surface area contributed by atoms with Crippen LogP contribution in [0.2, 0.25) is 0 Å². The Morgan fingerprint density at radius 2 is 1.32 bits per heavy atom. The van der Waals surface area contributed by atoms with Gasteiger partial charge in [-0.05, 0) is 0 Å². The van der Waals surface area contributed by atoms with Crippen LogP contribution in [0.25, 0.3) is 0 Å². The predicted octanol–water partition coefficient (Wildman–Crippen LogP) is -20.5. The van der Waals surface area contributed by atoms with Crippen molar-refractivity contribution < 1.29 is 223 Å². The first-order chi connectivity index (χ1) is 14.8. The van der Waals surface area contributed by atoms with E-state index < -0.39 is 73.7 Å². The van der Waals surface area contributed by atoms with Crippen LogP contribution in [0.15, 0.2) is 21.9 Å². The molecule has 0 radical (unpaired) electrons. The van der Waals surface area contributed by atoms with Crippen molar-refractivity contribution in [1.82, 2.24) is 9.55 Å². The van der Waals surface area contributed by atoms with E-state index in [0.29, 0.717) is 4.57 Å². The maximum absolute atomic E-state index is 11.8. The molecule has 0 aliphatic carbocycles. The van der Waals surface area contributed by atoms with Gasteiger partial charge in [-0.3, -0.25) is 32.4 Å². The maximum Gasteiger partial charge on any atom is 1.00 e. The van der Waals surface area contributed by atoms with Crippen molar-refractivity contribution in [2.45, 2.75) is 24.5 Å². The zero-order chi connectivity index (χ0) is 25.4. The van der Waals surface area contributed by atoms with Crippen molar-refractivity contribution in [2.24, 2.45) is 0 Å². The number of ether oxygens (including phenoxy) is 1. The third-order valence-corrected chi connectivity index (χ3v) is 8.72. The number of rotatable bonds is 10. The van der Waals surface area contributed by atoms with Crippen LogP contribution in [0.3, 0.4) is 0 Å². The molecule has 1 aliphatic heterocycles. The number of hydrogen-bond donors (Lipinski definition) is 3. The molecule has 1 aromatic heterocycles. The van der Waals surface area contributed by atoms with Gasteiger partial charge in [0, 0.05) is 12.3 Å². The maximum atomic E-state index is 11.8. The first-order valence-electron chi connectivity index (χ1n) is 7.88. The van der Waals surface area contributed by atoms with Gasteiger partial charge in [-0.1, -0.05) is 0 Å². The molecular weight excluding hydrogens is 663 g/mol. The number of aromatic amines is 1. The fourth-order valence-electron chi connectivity index (χ4n) is 2.31. The minimum Gasteiger partial charge on any atom is -0.790 e. The molecule has 0 amide bonds. The van der Waals surface area contributed by atoms with Crippen LogP contribution in [0.4, 0.5) is 0 Å². The summed E-state index contributed by atoms with van der Waals surface area (Å²) >= 11 is 0. The molecule has 3 unspecified atom stereocenters. The monoisotopic (exact) mass is 674 g/mol. The number of phosphoric acid groups is 4. The first-order valence-corrected chi connectivity index (χ1v) is 13.7. The van der Waals surface area contributed by atoms with Crippen LogP contribution in [0.1, 0.15) is 6.23 Å². The van der Waals surface area contributed by atoms with E-state index in [1.165, 1.54) is 0 Å². The Morgan fingerprint density at radius 3 is 1.79 bits per heavy atom. The second-order valence-corrected chi connectivity index (χ2v) is 11.7. The van der Waals surface area contributed by atoms with E-state index in [9.17, 15) is 62.5 Å². The van der Waals surface area contributed by atoms with Gasteiger partial charge in [0.1, 0.15) is 18.3 Å². The van der Waals surface area contributed by atoms with E-state index in [0.717, 1.165) is 12.3 Å². The number of H-pyrrole nitrogens is 1. The number of phosphoric ester groups is 1. The van der Waals surface area contributed by atoms with E-state index >= 15 is 0 Å². The van der Waals surface area contributed by atoms with Crippen LogP contribution in [0, 0.1) is 0 Å². The summed E-state index contributed by atoms with van der Waals surface area (Å²) in [6, 6.07) is 0.857. The number of aromatic nitrogens is 2. The number of aliphatic hydroxyl groups excluding tert-OH is 2. The van der Waals surface area contributed by atoms with Gasteiger partial charge in [-0.2, -0.15) is 0 Å². The molecule has 0 spiro atoms. The molecule has 3 N–H and O–H groups in total. The molecule has 29 heteroatoms. The molecule has 7 atom stereocenters. The second kappa shape index (κ2) is 19.6. The van der Waals surface area contributed by atoms with Crippen molar-refractivity contribution in [1.29, 1.82) is 0 Å². The Hall–Kier alpha value is 4.12. The van der Waals surface area contributed by atoms with Gasteiger partial charge >= 0.3 is 153 Å². The van der Waals surface area contributed by atoms with Crippen molar-refractivity contribution in [2.75, 3.05) is 6.61 Å². The Morgan fingerprint density at radius 1 is 0.842 bits per heavy atom. The van der Waals surface area contributed by atoms with E-state index in [1.54, 1.807) is 0 Å². The van der Waals surface area contributed by atoms with Gasteiger partial charge < -0.3 is 48.5 Å². The molecule has 1 fully saturated rings. The summed E-state index contributed by atoms with van der Waals surface area (Å²) in [4.78, 5) is 79.1. The Bertz CT molecular complexity index is 1190. The topological polar surface area (TPSA) is 325 Å². The molecule has 2 rings (SSSR count). The molecule has 190 valence electrons. The van der Waals surface area contributed by atoms with Crippen LogP contribution in [-0.4, -0.2) is 44.7 Å². The third-order valence-electron chi connectivity index (χ3n) is 3.46. The average Bonchev–Trinajstić information content (AvgIpc) is 2.84. The summed E-state index contributed by atoms with van der Waals surface area (Å²) in [6.45, 7) is -1.27. The predicted molar refractivity (Wildman–Crippen MR) is 86.9 cm³/mol.